The Kier molecular flexibility index (Phi) is 5.88. The van der Waals surface area contributed by atoms with Crippen molar-refractivity contribution in [2.75, 3.05) is 4.90 Å². The molecule has 0 saturated heterocycles. The molecule has 0 atom stereocenters. The monoisotopic (exact) mass is 452 g/mol. The van der Waals surface area contributed by atoms with E-state index in [4.69, 9.17) is 0 Å². The minimum atomic E-state index is -2.58. The third-order valence-electron chi connectivity index (χ3n) is 4.31. The van der Waals surface area contributed by atoms with Gasteiger partial charge < -0.3 is 0 Å². The van der Waals surface area contributed by atoms with Crippen molar-refractivity contribution in [3.05, 3.63) is 94.4 Å². The molecule has 3 rings (SSSR count). The van der Waals surface area contributed by atoms with E-state index in [1.54, 1.807) is 0 Å². The van der Waals surface area contributed by atoms with Crippen LogP contribution in [0, 0.1) is 64.6 Å². The molecule has 0 aliphatic heterocycles. The quantitative estimate of drug-likeness (QED) is 0.232. The maximum absolute atomic E-state index is 14.5. The lowest BCUT2D eigenvalue weighted by molar-refractivity contribution is 0.375. The van der Waals surface area contributed by atoms with Gasteiger partial charge in [0.2, 0.25) is 11.6 Å². The van der Waals surface area contributed by atoms with Crippen LogP contribution in [0.2, 0.25) is 0 Å². The second-order valence-corrected chi connectivity index (χ2v) is 6.02. The van der Waals surface area contributed by atoms with Crippen LogP contribution in [0.15, 0.2) is 24.3 Å². The Balaban J connectivity index is 2.56. The van der Waals surface area contributed by atoms with E-state index in [1.165, 1.54) is 25.5 Å². The average molecular weight is 452 g/mol. The van der Waals surface area contributed by atoms with Gasteiger partial charge in [0, 0.05) is 0 Å². The summed E-state index contributed by atoms with van der Waals surface area (Å²) in [5, 5.41) is 0. The molecule has 0 aromatic heterocycles. The number of halogens is 10. The Morgan fingerprint density at radius 1 is 0.516 bits per heavy atom. The minimum Gasteiger partial charge on any atom is -0.299 e. The van der Waals surface area contributed by atoms with Gasteiger partial charge in [-0.05, 0) is 18.1 Å². The third-order valence-corrected chi connectivity index (χ3v) is 4.31. The van der Waals surface area contributed by atoms with Crippen LogP contribution < -0.4 is 4.90 Å². The molecule has 0 unspecified atom stereocenters. The van der Waals surface area contributed by atoms with E-state index in [1.807, 2.05) is 0 Å². The molecule has 3 aromatic carbocycles. The van der Waals surface area contributed by atoms with Gasteiger partial charge in [0.15, 0.2) is 46.5 Å². The second kappa shape index (κ2) is 8.12. The first-order valence-electron chi connectivity index (χ1n) is 8.25. The molecule has 163 valence electrons. The number of hydrogen-bond acceptors (Lipinski definition) is 1. The Hall–Kier alpha value is -3.24. The molecule has 0 amide bonds. The van der Waals surface area contributed by atoms with E-state index >= 15 is 0 Å². The van der Waals surface area contributed by atoms with Crippen LogP contribution >= 0.6 is 0 Å². The summed E-state index contributed by atoms with van der Waals surface area (Å²) in [5.41, 5.74) is -4.59. The largest absolute Gasteiger partial charge is 0.299 e. The molecule has 0 saturated carbocycles. The van der Waals surface area contributed by atoms with Gasteiger partial charge in [0.1, 0.15) is 11.4 Å². The fourth-order valence-electron chi connectivity index (χ4n) is 2.87. The topological polar surface area (TPSA) is 3.24 Å². The van der Waals surface area contributed by atoms with E-state index in [9.17, 15) is 43.9 Å². The molecule has 0 fully saturated rings. The van der Waals surface area contributed by atoms with Crippen LogP contribution in [0.1, 0.15) is 12.5 Å². The van der Waals surface area contributed by atoms with Crippen molar-refractivity contribution < 1.29 is 43.9 Å². The second-order valence-electron chi connectivity index (χ2n) is 6.02. The van der Waals surface area contributed by atoms with Crippen molar-refractivity contribution in [3.8, 4) is 0 Å². The van der Waals surface area contributed by atoms with Gasteiger partial charge in [-0.2, -0.15) is 0 Å². The normalized spacial score (nSPS) is 11.2. The van der Waals surface area contributed by atoms with Gasteiger partial charge in [0.05, 0.1) is 5.69 Å². The maximum Gasteiger partial charge on any atom is 0.200 e. The predicted molar refractivity (Wildman–Crippen MR) is 89.8 cm³/mol. The summed E-state index contributed by atoms with van der Waals surface area (Å²) in [6, 6.07) is 4.62. The molecule has 11 heteroatoms. The fraction of sp³-hybridized carbons (Fsp3) is 0.0500. The molecule has 0 aliphatic rings. The van der Waals surface area contributed by atoms with Crippen molar-refractivity contribution in [3.63, 3.8) is 0 Å². The predicted octanol–water partition coefficient (Wildman–Crippen LogP) is 7.12. The Morgan fingerprint density at radius 3 is 1.19 bits per heavy atom. The Bertz CT molecular complexity index is 1060. The number of para-hydroxylation sites is 1. The summed E-state index contributed by atoms with van der Waals surface area (Å²) in [5.74, 6) is -25.3. The summed E-state index contributed by atoms with van der Waals surface area (Å²) >= 11 is 0. The lowest BCUT2D eigenvalue weighted by atomic mass is 10.1. The molecule has 0 spiro atoms. The zero-order valence-corrected chi connectivity index (χ0v) is 15.1. The summed E-state index contributed by atoms with van der Waals surface area (Å²) in [6.07, 6.45) is 1.21. The van der Waals surface area contributed by atoms with Crippen molar-refractivity contribution in [1.29, 1.82) is 0 Å². The van der Waals surface area contributed by atoms with Crippen molar-refractivity contribution in [2.24, 2.45) is 0 Å². The van der Waals surface area contributed by atoms with Gasteiger partial charge in [-0.25, -0.2) is 43.9 Å². The average Bonchev–Trinajstić information content (AvgIpc) is 2.77. The molecule has 1 nitrogen and oxygen atoms in total. The number of benzene rings is 3. The zero-order chi connectivity index (χ0) is 23.2. The lowest BCUT2D eigenvalue weighted by Gasteiger charge is -2.29. The van der Waals surface area contributed by atoms with E-state index < -0.39 is 75.2 Å². The number of nitrogens with zero attached hydrogens (tertiary/aromatic N) is 1. The molecule has 0 heterocycles. The Labute approximate surface area is 168 Å². The van der Waals surface area contributed by atoms with Crippen LogP contribution in [0.25, 0.3) is 0 Å². The van der Waals surface area contributed by atoms with E-state index in [0.29, 0.717) is 0 Å². The minimum absolute atomic E-state index is 0.0876. The first-order chi connectivity index (χ1) is 14.5. The molecule has 0 aliphatic carbocycles. The van der Waals surface area contributed by atoms with Gasteiger partial charge in [-0.3, -0.25) is 4.90 Å². The van der Waals surface area contributed by atoms with Crippen LogP contribution in [0.3, 0.4) is 0 Å². The van der Waals surface area contributed by atoms with Gasteiger partial charge in [-0.15, -0.1) is 0 Å². The molecule has 1 radical (unpaired) electrons. The molecular formula is C20H8F10N. The third kappa shape index (κ3) is 3.37. The highest BCUT2D eigenvalue weighted by Gasteiger charge is 2.37. The maximum atomic E-state index is 14.5. The molecule has 0 bridgehead atoms. The number of hydrogen-bond donors (Lipinski definition) is 0. The smallest absolute Gasteiger partial charge is 0.200 e. The van der Waals surface area contributed by atoms with Crippen molar-refractivity contribution >= 4 is 17.1 Å². The highest BCUT2D eigenvalue weighted by atomic mass is 19.2. The molecule has 31 heavy (non-hydrogen) atoms. The summed E-state index contributed by atoms with van der Waals surface area (Å²) in [6.45, 7) is 1.34. The van der Waals surface area contributed by atoms with Gasteiger partial charge in [0.25, 0.3) is 0 Å². The van der Waals surface area contributed by atoms with Gasteiger partial charge >= 0.3 is 0 Å². The van der Waals surface area contributed by atoms with Crippen LogP contribution in [0.4, 0.5) is 61.0 Å². The molecular weight excluding hydrogens is 444 g/mol. The highest BCUT2D eigenvalue weighted by molar-refractivity contribution is 5.80. The molecule has 0 N–H and O–H groups in total. The molecule has 3 aromatic rings. The SMILES string of the molecule is C[CH]c1ccccc1N(c1c(F)c(F)c(F)c(F)c1F)c1c(F)c(F)c(F)c(F)c1F. The van der Waals surface area contributed by atoms with E-state index in [-0.39, 0.29) is 10.5 Å². The fourth-order valence-corrected chi connectivity index (χ4v) is 2.87. The van der Waals surface area contributed by atoms with Crippen molar-refractivity contribution in [1.82, 2.24) is 0 Å². The van der Waals surface area contributed by atoms with Crippen LogP contribution in [-0.2, 0) is 0 Å². The van der Waals surface area contributed by atoms with Crippen LogP contribution in [-0.4, -0.2) is 0 Å². The first-order valence-corrected chi connectivity index (χ1v) is 8.25. The number of anilines is 3. The van der Waals surface area contributed by atoms with Gasteiger partial charge in [-0.1, -0.05) is 25.1 Å². The number of rotatable bonds is 4. The first kappa shape index (κ1) is 22.4. The summed E-state index contributed by atoms with van der Waals surface area (Å²) in [4.78, 5) is -0.248. The van der Waals surface area contributed by atoms with Crippen LogP contribution in [0.5, 0.6) is 0 Å². The Morgan fingerprint density at radius 2 is 0.839 bits per heavy atom. The standard InChI is InChI=1S/C20H8F10N/c1-2-7-5-3-4-6-8(7)31(19-15(27)11(23)9(21)12(24)16(19)28)20-17(29)13(25)10(22)14(26)18(20)30/h2-6H,1H3. The summed E-state index contributed by atoms with van der Waals surface area (Å²) in [7, 11) is 0. The zero-order valence-electron chi connectivity index (χ0n) is 15.1. The highest BCUT2D eigenvalue weighted by Crippen LogP contribution is 2.45. The van der Waals surface area contributed by atoms with E-state index in [0.717, 1.165) is 12.1 Å². The van der Waals surface area contributed by atoms with Crippen molar-refractivity contribution in [2.45, 2.75) is 6.92 Å². The van der Waals surface area contributed by atoms with E-state index in [2.05, 4.69) is 0 Å². The summed E-state index contributed by atoms with van der Waals surface area (Å²) < 4.78 is 140. The lowest BCUT2D eigenvalue weighted by Crippen LogP contribution is -2.22.